The molecule has 0 saturated carbocycles. The van der Waals surface area contributed by atoms with Crippen LogP contribution in [-0.4, -0.2) is 80.9 Å². The number of hydrogen-bond donors (Lipinski definition) is 2. The Hall–Kier alpha value is -4.19. The monoisotopic (exact) mass is 573 g/mol. The van der Waals surface area contributed by atoms with Crippen LogP contribution < -0.4 is 19.7 Å². The summed E-state index contributed by atoms with van der Waals surface area (Å²) in [4.78, 5) is 11.7. The minimum absolute atomic E-state index is 0.234. The fraction of sp³-hybridized carbons (Fsp3) is 0.310. The lowest BCUT2D eigenvalue weighted by molar-refractivity contribution is -1.11. The van der Waals surface area contributed by atoms with Gasteiger partial charge in [0.25, 0.3) is 0 Å². The number of nitrogens with one attached hydrogen (secondary N) is 1. The van der Waals surface area contributed by atoms with Gasteiger partial charge in [-0.25, -0.2) is 10.2 Å². The number of nitrogens with zero attached hydrogens (tertiary/aromatic N) is 7. The van der Waals surface area contributed by atoms with Crippen molar-refractivity contribution in [2.45, 2.75) is 18.9 Å². The Bertz CT molecular complexity index is 1760. The Kier molecular flexibility index (Phi) is 6.29. The summed E-state index contributed by atoms with van der Waals surface area (Å²) < 4.78 is 13.0. The zero-order valence-electron chi connectivity index (χ0n) is 22.8. The summed E-state index contributed by atoms with van der Waals surface area (Å²) in [6.07, 6.45) is 5.56. The molecule has 0 bridgehead atoms. The zero-order chi connectivity index (χ0) is 28.1. The number of pyridine rings is 1. The van der Waals surface area contributed by atoms with Crippen molar-refractivity contribution in [1.29, 1.82) is 0 Å². The number of methoxy groups -OCH3 is 2. The minimum atomic E-state index is 0.234. The molecule has 2 aliphatic rings. The Labute approximate surface area is 241 Å². The lowest BCUT2D eigenvalue weighted by Crippen LogP contribution is -2.61. The molecule has 2 aromatic carbocycles. The summed E-state index contributed by atoms with van der Waals surface area (Å²) in [5.41, 5.74) is 4.74. The molecule has 3 aromatic heterocycles. The van der Waals surface area contributed by atoms with E-state index in [9.17, 15) is 5.21 Å². The van der Waals surface area contributed by atoms with Crippen LogP contribution >= 0.6 is 11.6 Å². The number of rotatable bonds is 6. The van der Waals surface area contributed by atoms with Crippen molar-refractivity contribution in [3.8, 4) is 22.6 Å². The van der Waals surface area contributed by atoms with Gasteiger partial charge in [-0.05, 0) is 36.4 Å². The van der Waals surface area contributed by atoms with E-state index in [-0.39, 0.29) is 4.65 Å². The number of fused-ring (bicyclic) bond motifs is 4. The van der Waals surface area contributed by atoms with Crippen molar-refractivity contribution in [3.05, 3.63) is 60.0 Å². The van der Waals surface area contributed by atoms with Gasteiger partial charge in [0.2, 0.25) is 5.95 Å². The normalized spacial score (nSPS) is 20.4. The van der Waals surface area contributed by atoms with Gasteiger partial charge >= 0.3 is 0 Å². The predicted octanol–water partition coefficient (Wildman–Crippen LogP) is 4.94. The molecule has 0 amide bonds. The highest BCUT2D eigenvalue weighted by Gasteiger charge is 2.45. The van der Waals surface area contributed by atoms with Gasteiger partial charge in [-0.1, -0.05) is 11.6 Å². The molecule has 7 rings (SSSR count). The van der Waals surface area contributed by atoms with Crippen LogP contribution in [0.3, 0.4) is 0 Å². The minimum Gasteiger partial charge on any atom is -0.497 e. The highest BCUT2D eigenvalue weighted by molar-refractivity contribution is 6.35. The van der Waals surface area contributed by atoms with Crippen molar-refractivity contribution < 1.29 is 19.3 Å². The third kappa shape index (κ3) is 4.46. The number of anilines is 3. The van der Waals surface area contributed by atoms with E-state index in [1.54, 1.807) is 32.8 Å². The van der Waals surface area contributed by atoms with Gasteiger partial charge in [0.15, 0.2) is 11.3 Å². The second-order valence-corrected chi connectivity index (χ2v) is 11.0. The summed E-state index contributed by atoms with van der Waals surface area (Å²) in [5.74, 6) is 1.57. The van der Waals surface area contributed by atoms with Gasteiger partial charge in [-0.3, -0.25) is 4.40 Å². The summed E-state index contributed by atoms with van der Waals surface area (Å²) in [6, 6.07) is 14.1. The van der Waals surface area contributed by atoms with E-state index in [1.165, 1.54) is 0 Å². The molecule has 210 valence electrons. The van der Waals surface area contributed by atoms with Crippen molar-refractivity contribution in [3.63, 3.8) is 0 Å². The van der Waals surface area contributed by atoms with E-state index < -0.39 is 0 Å². The molecule has 0 spiro atoms. The van der Waals surface area contributed by atoms with Crippen molar-refractivity contribution in [1.82, 2.24) is 24.6 Å². The Balaban J connectivity index is 1.17. The van der Waals surface area contributed by atoms with Crippen LogP contribution in [0, 0.1) is 0 Å². The van der Waals surface area contributed by atoms with Crippen LogP contribution in [0.5, 0.6) is 11.5 Å². The van der Waals surface area contributed by atoms with Gasteiger partial charge in [-0.2, -0.15) is 9.63 Å². The van der Waals surface area contributed by atoms with E-state index in [4.69, 9.17) is 26.1 Å². The van der Waals surface area contributed by atoms with E-state index >= 15 is 0 Å². The molecule has 11 nitrogen and oxygen atoms in total. The fourth-order valence-corrected chi connectivity index (χ4v) is 6.37. The number of piperazine rings is 1. The first-order valence-electron chi connectivity index (χ1n) is 13.6. The maximum absolute atomic E-state index is 10.8. The van der Waals surface area contributed by atoms with Gasteiger partial charge in [0, 0.05) is 53.0 Å². The number of ether oxygens (including phenoxy) is 2. The Morgan fingerprint density at radius 1 is 1.05 bits per heavy atom. The molecule has 2 N–H and O–H groups in total. The first-order chi connectivity index (χ1) is 20.0. The standard InChI is InChI=1S/C29H30ClN8O3/c1-40-22-13-23(26(30)25(14-22)41-2)24-12-18-15-31-29(34-27(18)37-17-32-35-28(24)37)33-19-5-7-20(8-6-19)36-9-11-38(39)10-3-4-21(38)16-36/h5-8,12-15,17,21,39H,3-4,9-11,16H2,1-2H3,(H,31,33,34)/q+1/t21-,38?/m1/s1. The molecule has 0 aliphatic carbocycles. The third-order valence-electron chi connectivity index (χ3n) is 8.31. The fourth-order valence-electron chi connectivity index (χ4n) is 6.08. The molecule has 1 unspecified atom stereocenters. The summed E-state index contributed by atoms with van der Waals surface area (Å²) in [5, 5.41) is 23.9. The van der Waals surface area contributed by atoms with Gasteiger partial charge < -0.3 is 19.7 Å². The number of halogens is 1. The largest absolute Gasteiger partial charge is 0.497 e. The zero-order valence-corrected chi connectivity index (χ0v) is 23.5. The van der Waals surface area contributed by atoms with Crippen molar-refractivity contribution in [2.24, 2.45) is 0 Å². The lowest BCUT2D eigenvalue weighted by Gasteiger charge is -2.41. The second kappa shape index (κ2) is 10.0. The van der Waals surface area contributed by atoms with Crippen LogP contribution in [-0.2, 0) is 0 Å². The van der Waals surface area contributed by atoms with E-state index in [2.05, 4.69) is 37.5 Å². The van der Waals surface area contributed by atoms with E-state index in [1.807, 2.05) is 28.7 Å². The number of hydroxylamine groups is 3. The van der Waals surface area contributed by atoms with Crippen LogP contribution in [0.15, 0.2) is 55.0 Å². The van der Waals surface area contributed by atoms with E-state index in [0.29, 0.717) is 45.4 Å². The Morgan fingerprint density at radius 3 is 2.71 bits per heavy atom. The molecule has 0 radical (unpaired) electrons. The smallest absolute Gasteiger partial charge is 0.229 e. The maximum Gasteiger partial charge on any atom is 0.229 e. The first-order valence-corrected chi connectivity index (χ1v) is 14.0. The number of quaternary nitrogens is 1. The lowest BCUT2D eigenvalue weighted by atomic mass is 10.0. The topological polar surface area (TPSA) is 110 Å². The van der Waals surface area contributed by atoms with E-state index in [0.717, 1.165) is 61.3 Å². The molecule has 41 heavy (non-hydrogen) atoms. The average Bonchev–Trinajstić information content (AvgIpc) is 3.64. The molecule has 12 heteroatoms. The van der Waals surface area contributed by atoms with Crippen molar-refractivity contribution >= 4 is 45.6 Å². The third-order valence-corrected chi connectivity index (χ3v) is 8.70. The quantitative estimate of drug-likeness (QED) is 0.273. The molecule has 2 saturated heterocycles. The van der Waals surface area contributed by atoms with Gasteiger partial charge in [0.05, 0.1) is 32.3 Å². The average molecular weight is 574 g/mol. The molecule has 2 atom stereocenters. The number of benzene rings is 2. The summed E-state index contributed by atoms with van der Waals surface area (Å²) >= 11 is 6.70. The molecule has 5 heterocycles. The number of aromatic nitrogens is 5. The SMILES string of the molecule is COc1cc(OC)c(Cl)c(-c2cc3cnc(Nc4ccc(N5CC[N+]6(O)CCC[C@@H]6C5)cc4)nc3n3cnnc23)c1. The highest BCUT2D eigenvalue weighted by atomic mass is 35.5. The Morgan fingerprint density at radius 2 is 1.90 bits per heavy atom. The number of hydrogen-bond acceptors (Lipinski definition) is 9. The second-order valence-electron chi connectivity index (χ2n) is 10.6. The maximum atomic E-state index is 10.8. The molecular weight excluding hydrogens is 544 g/mol. The van der Waals surface area contributed by atoms with Gasteiger partial charge in [0.1, 0.15) is 37.0 Å². The van der Waals surface area contributed by atoms with Crippen LogP contribution in [0.25, 0.3) is 27.8 Å². The molecule has 2 aliphatic heterocycles. The first kappa shape index (κ1) is 25.8. The van der Waals surface area contributed by atoms with Crippen LogP contribution in [0.4, 0.5) is 17.3 Å². The molecule has 2 fully saturated rings. The van der Waals surface area contributed by atoms with Crippen molar-refractivity contribution in [2.75, 3.05) is 50.6 Å². The van der Waals surface area contributed by atoms with Gasteiger partial charge in [-0.15, -0.1) is 10.2 Å². The van der Waals surface area contributed by atoms with Crippen LogP contribution in [0.2, 0.25) is 5.02 Å². The summed E-state index contributed by atoms with van der Waals surface area (Å²) in [7, 11) is 3.16. The van der Waals surface area contributed by atoms with Crippen LogP contribution in [0.1, 0.15) is 12.8 Å². The molecular formula is C29H30ClN8O3+. The summed E-state index contributed by atoms with van der Waals surface area (Å²) in [6.45, 7) is 3.37. The predicted molar refractivity (Wildman–Crippen MR) is 156 cm³/mol. The highest BCUT2D eigenvalue weighted by Crippen LogP contribution is 2.41. The molecule has 5 aromatic rings.